The summed E-state index contributed by atoms with van der Waals surface area (Å²) in [5.74, 6) is 1.25. The van der Waals surface area contributed by atoms with E-state index in [2.05, 4.69) is 29.3 Å². The summed E-state index contributed by atoms with van der Waals surface area (Å²) in [6.45, 7) is 5.69. The molecule has 3 N–H and O–H groups in total. The summed E-state index contributed by atoms with van der Waals surface area (Å²) in [6, 6.07) is 0. The normalized spacial score (nSPS) is 11.2. The van der Waals surface area contributed by atoms with E-state index in [1.807, 2.05) is 7.05 Å². The highest BCUT2D eigenvalue weighted by atomic mass is 127. The molecule has 0 aliphatic carbocycles. The van der Waals surface area contributed by atoms with E-state index in [0.717, 1.165) is 36.5 Å². The Balaban J connectivity index is 0.00000529. The molecule has 7 heteroatoms. The maximum Gasteiger partial charge on any atom is 0.216 e. The van der Waals surface area contributed by atoms with E-state index in [0.29, 0.717) is 12.5 Å². The van der Waals surface area contributed by atoms with Crippen molar-refractivity contribution >= 4 is 29.9 Å². The van der Waals surface area contributed by atoms with Crippen LogP contribution in [0.1, 0.15) is 63.6 Å². The molecule has 0 aliphatic heterocycles. The van der Waals surface area contributed by atoms with Gasteiger partial charge in [0.15, 0.2) is 5.96 Å². The van der Waals surface area contributed by atoms with Gasteiger partial charge in [0.25, 0.3) is 0 Å². The van der Waals surface area contributed by atoms with Crippen molar-refractivity contribution < 1.29 is 4.74 Å². The average Bonchev–Trinajstić information content (AvgIpc) is 2.86. The zero-order chi connectivity index (χ0) is 17.1. The molecule has 0 atom stereocenters. The number of nitrogens with zero attached hydrogens (tertiary/aromatic N) is 3. The number of aromatic nitrogens is 2. The summed E-state index contributed by atoms with van der Waals surface area (Å²) in [5, 5.41) is 7.64. The van der Waals surface area contributed by atoms with Crippen LogP contribution >= 0.6 is 24.0 Å². The van der Waals surface area contributed by atoms with E-state index in [4.69, 9.17) is 10.5 Å². The van der Waals surface area contributed by atoms with E-state index in [1.165, 1.54) is 32.1 Å². The summed E-state index contributed by atoms with van der Waals surface area (Å²) >= 11 is 0. The van der Waals surface area contributed by atoms with Crippen LogP contribution in [0.5, 0.6) is 5.88 Å². The number of unbranched alkanes of at least 4 members (excludes halogenated alkanes) is 5. The van der Waals surface area contributed by atoms with E-state index >= 15 is 0 Å². The first-order valence-corrected chi connectivity index (χ1v) is 8.76. The third kappa shape index (κ3) is 7.72. The Hall–Kier alpha value is -0.990. The Kier molecular flexibility index (Phi) is 12.8. The van der Waals surface area contributed by atoms with Crippen LogP contribution in [0.2, 0.25) is 0 Å². The van der Waals surface area contributed by atoms with Gasteiger partial charge in [0.2, 0.25) is 5.88 Å². The van der Waals surface area contributed by atoms with Crippen molar-refractivity contribution in [2.75, 3.05) is 13.7 Å². The summed E-state index contributed by atoms with van der Waals surface area (Å²) in [5.41, 5.74) is 7.97. The largest absolute Gasteiger partial charge is 0.481 e. The smallest absolute Gasteiger partial charge is 0.216 e. The minimum atomic E-state index is 0. The standard InChI is InChI=1S/C17H33N5O.HI/c1-5-7-8-9-10-11-12-19-17(18)20-13-14-15(6-2)21-22(3)16(14)23-4;/h5-13H2,1-4H3,(H3,18,19,20);1H. The summed E-state index contributed by atoms with van der Waals surface area (Å²) < 4.78 is 7.16. The molecule has 0 saturated carbocycles. The van der Waals surface area contributed by atoms with Gasteiger partial charge in [-0.05, 0) is 12.8 Å². The minimum absolute atomic E-state index is 0. The highest BCUT2D eigenvalue weighted by Gasteiger charge is 2.15. The molecule has 0 spiro atoms. The fraction of sp³-hybridized carbons (Fsp3) is 0.765. The fourth-order valence-corrected chi connectivity index (χ4v) is 2.65. The Morgan fingerprint density at radius 2 is 1.88 bits per heavy atom. The molecule has 0 unspecified atom stereocenters. The van der Waals surface area contributed by atoms with Crippen LogP contribution in [0.25, 0.3) is 0 Å². The van der Waals surface area contributed by atoms with Crippen molar-refractivity contribution in [3.05, 3.63) is 11.3 Å². The van der Waals surface area contributed by atoms with Crippen molar-refractivity contribution in [3.8, 4) is 5.88 Å². The maximum atomic E-state index is 5.94. The van der Waals surface area contributed by atoms with Crippen molar-refractivity contribution in [1.29, 1.82) is 0 Å². The summed E-state index contributed by atoms with van der Waals surface area (Å²) in [7, 11) is 3.54. The second-order valence-electron chi connectivity index (χ2n) is 5.81. The molecule has 0 fully saturated rings. The topological polar surface area (TPSA) is 77.5 Å². The lowest BCUT2D eigenvalue weighted by Crippen LogP contribution is -2.32. The van der Waals surface area contributed by atoms with Crippen LogP contribution in [0, 0.1) is 0 Å². The lowest BCUT2D eigenvalue weighted by molar-refractivity contribution is 0.369. The van der Waals surface area contributed by atoms with Crippen LogP contribution in [0.15, 0.2) is 4.99 Å². The van der Waals surface area contributed by atoms with E-state index in [9.17, 15) is 0 Å². The third-order valence-corrected chi connectivity index (χ3v) is 3.94. The van der Waals surface area contributed by atoms with Gasteiger partial charge in [-0.2, -0.15) is 5.10 Å². The van der Waals surface area contributed by atoms with E-state index in [-0.39, 0.29) is 24.0 Å². The van der Waals surface area contributed by atoms with E-state index in [1.54, 1.807) is 11.8 Å². The SMILES string of the molecule is CCCCCCCCNC(N)=NCc1c(CC)nn(C)c1OC.I. The first-order valence-electron chi connectivity index (χ1n) is 8.76. The molecular weight excluding hydrogens is 417 g/mol. The number of methoxy groups -OCH3 is 1. The maximum absolute atomic E-state index is 5.94. The average molecular weight is 451 g/mol. The number of halogens is 1. The predicted octanol–water partition coefficient (Wildman–Crippen LogP) is 3.37. The number of hydrogen-bond acceptors (Lipinski definition) is 3. The Morgan fingerprint density at radius 3 is 2.50 bits per heavy atom. The fourth-order valence-electron chi connectivity index (χ4n) is 2.65. The van der Waals surface area contributed by atoms with Crippen molar-refractivity contribution in [1.82, 2.24) is 15.1 Å². The molecule has 6 nitrogen and oxygen atoms in total. The van der Waals surface area contributed by atoms with Crippen LogP contribution in [-0.4, -0.2) is 29.4 Å². The number of rotatable bonds is 11. The van der Waals surface area contributed by atoms with Gasteiger partial charge in [-0.3, -0.25) is 0 Å². The van der Waals surface area contributed by atoms with Crippen molar-refractivity contribution in [3.63, 3.8) is 0 Å². The molecule has 0 bridgehead atoms. The van der Waals surface area contributed by atoms with Gasteiger partial charge in [0.1, 0.15) is 0 Å². The number of ether oxygens (including phenoxy) is 1. The highest BCUT2D eigenvalue weighted by Crippen LogP contribution is 2.22. The van der Waals surface area contributed by atoms with Crippen LogP contribution in [0.3, 0.4) is 0 Å². The Labute approximate surface area is 163 Å². The van der Waals surface area contributed by atoms with Crippen molar-refractivity contribution in [2.24, 2.45) is 17.8 Å². The van der Waals surface area contributed by atoms with Gasteiger partial charge in [-0.25, -0.2) is 9.67 Å². The molecular formula is C17H34IN5O. The molecule has 140 valence electrons. The van der Waals surface area contributed by atoms with Crippen LogP contribution in [0.4, 0.5) is 0 Å². The second kappa shape index (κ2) is 13.3. The summed E-state index contributed by atoms with van der Waals surface area (Å²) in [6.07, 6.45) is 8.50. The first kappa shape index (κ1) is 23.0. The minimum Gasteiger partial charge on any atom is -0.481 e. The lowest BCUT2D eigenvalue weighted by Gasteiger charge is -2.07. The number of nitrogens with two attached hydrogens (primary N) is 1. The molecule has 0 aromatic carbocycles. The Morgan fingerprint density at radius 1 is 1.21 bits per heavy atom. The van der Waals surface area contributed by atoms with Gasteiger partial charge < -0.3 is 15.8 Å². The van der Waals surface area contributed by atoms with Gasteiger partial charge in [-0.15, -0.1) is 24.0 Å². The first-order chi connectivity index (χ1) is 11.1. The second-order valence-corrected chi connectivity index (χ2v) is 5.81. The molecule has 1 heterocycles. The van der Waals surface area contributed by atoms with Crippen LogP contribution in [-0.2, 0) is 20.0 Å². The predicted molar refractivity (Wildman–Crippen MR) is 111 cm³/mol. The van der Waals surface area contributed by atoms with E-state index < -0.39 is 0 Å². The third-order valence-electron chi connectivity index (χ3n) is 3.94. The van der Waals surface area contributed by atoms with Gasteiger partial charge in [0, 0.05) is 13.6 Å². The molecule has 0 saturated heterocycles. The van der Waals surface area contributed by atoms with Crippen molar-refractivity contribution in [2.45, 2.75) is 65.3 Å². The molecule has 0 aliphatic rings. The van der Waals surface area contributed by atoms with Gasteiger partial charge in [-0.1, -0.05) is 46.0 Å². The molecule has 1 rings (SSSR count). The monoisotopic (exact) mass is 451 g/mol. The number of hydrogen-bond donors (Lipinski definition) is 2. The Bertz CT molecular complexity index is 488. The van der Waals surface area contributed by atoms with Gasteiger partial charge in [0.05, 0.1) is 24.9 Å². The number of nitrogens with one attached hydrogen (secondary N) is 1. The number of aliphatic imine (C=N–C) groups is 1. The highest BCUT2D eigenvalue weighted by molar-refractivity contribution is 14.0. The lowest BCUT2D eigenvalue weighted by atomic mass is 10.1. The van der Waals surface area contributed by atoms with Gasteiger partial charge >= 0.3 is 0 Å². The van der Waals surface area contributed by atoms with Crippen LogP contribution < -0.4 is 15.8 Å². The molecule has 1 aromatic heterocycles. The molecule has 24 heavy (non-hydrogen) atoms. The summed E-state index contributed by atoms with van der Waals surface area (Å²) in [4.78, 5) is 4.42. The zero-order valence-corrected chi connectivity index (χ0v) is 17.9. The number of guanidine groups is 1. The molecule has 0 radical (unpaired) electrons. The zero-order valence-electron chi connectivity index (χ0n) is 15.6. The molecule has 1 aromatic rings. The quantitative estimate of drug-likeness (QED) is 0.234. The molecule has 0 amide bonds. The number of aryl methyl sites for hydroxylation is 2.